The average molecular weight is 696 g/mol. The minimum atomic E-state index is -5.12. The van der Waals surface area contributed by atoms with E-state index >= 15 is 4.39 Å². The molecule has 3 atom stereocenters. The lowest BCUT2D eigenvalue weighted by molar-refractivity contribution is -0.137. The maximum absolute atomic E-state index is 15.3. The number of anilines is 1. The summed E-state index contributed by atoms with van der Waals surface area (Å²) < 4.78 is 114. The molecule has 0 radical (unpaired) electrons. The molecule has 1 unspecified atom stereocenters. The molecule has 248 valence electrons. The number of carbonyl (C=O) groups is 1. The van der Waals surface area contributed by atoms with Crippen LogP contribution in [0.2, 0.25) is 5.02 Å². The van der Waals surface area contributed by atoms with E-state index < -0.39 is 82.6 Å². The number of hydrogen-bond acceptors (Lipinski definition) is 6. The van der Waals surface area contributed by atoms with Crippen LogP contribution in [0.3, 0.4) is 0 Å². The number of benzene rings is 2. The smallest absolute Gasteiger partial charge is 0.352 e. The minimum absolute atomic E-state index is 0.0685. The molecule has 2 aliphatic rings. The highest BCUT2D eigenvalue weighted by molar-refractivity contribution is 7.99. The molecule has 0 saturated carbocycles. The number of amides is 1. The predicted molar refractivity (Wildman–Crippen MR) is 158 cm³/mol. The van der Waals surface area contributed by atoms with Crippen LogP contribution in [0.1, 0.15) is 19.4 Å². The minimum Gasteiger partial charge on any atom is -0.352 e. The molecule has 1 saturated heterocycles. The summed E-state index contributed by atoms with van der Waals surface area (Å²) in [5.41, 5.74) is -3.86. The molecule has 17 heteroatoms. The normalized spacial score (nSPS) is 20.6. The van der Waals surface area contributed by atoms with Crippen molar-refractivity contribution >= 4 is 46.0 Å². The Morgan fingerprint density at radius 2 is 1.74 bits per heavy atom. The number of nitrogens with zero attached hydrogens (tertiary/aromatic N) is 4. The predicted octanol–water partition coefficient (Wildman–Crippen LogP) is 6.25. The second-order valence-corrected chi connectivity index (χ2v) is 12.6. The van der Waals surface area contributed by atoms with Crippen molar-refractivity contribution in [2.45, 2.75) is 55.8 Å². The molecule has 2 aromatic carbocycles. The Balaban J connectivity index is 1.81. The van der Waals surface area contributed by atoms with Gasteiger partial charge in [0.15, 0.2) is 0 Å². The van der Waals surface area contributed by atoms with Gasteiger partial charge in [-0.3, -0.25) is 9.36 Å². The number of aromatic nitrogens is 2. The quantitative estimate of drug-likeness (QED) is 0.193. The van der Waals surface area contributed by atoms with Crippen LogP contribution < -0.4 is 15.9 Å². The number of carbonyl (C=O) groups excluding carboxylic acids is 1. The Bertz CT molecular complexity index is 1770. The van der Waals surface area contributed by atoms with Crippen LogP contribution in [0.5, 0.6) is 0 Å². The Kier molecular flexibility index (Phi) is 9.11. The van der Waals surface area contributed by atoms with Crippen molar-refractivity contribution < 1.29 is 39.9 Å². The first kappa shape index (κ1) is 34.0. The number of piperazine rings is 1. The molecule has 0 bridgehead atoms. The van der Waals surface area contributed by atoms with Crippen LogP contribution >= 0.6 is 23.4 Å². The number of hydrogen-bond donors (Lipinski definition) is 1. The van der Waals surface area contributed by atoms with E-state index in [9.17, 15) is 40.3 Å². The van der Waals surface area contributed by atoms with Crippen LogP contribution in [0.4, 0.5) is 40.9 Å². The second-order valence-electron chi connectivity index (χ2n) is 11.2. The number of thioether (sulfide) groups is 1. The first-order valence-corrected chi connectivity index (χ1v) is 15.2. The monoisotopic (exact) mass is 695 g/mol. The lowest BCUT2D eigenvalue weighted by atomic mass is 9.95. The van der Waals surface area contributed by atoms with Gasteiger partial charge in [0.25, 0.3) is 0 Å². The summed E-state index contributed by atoms with van der Waals surface area (Å²) in [7, 11) is 0. The van der Waals surface area contributed by atoms with Gasteiger partial charge in [-0.15, -0.1) is 11.8 Å². The number of rotatable bonds is 5. The van der Waals surface area contributed by atoms with Crippen LogP contribution in [-0.2, 0) is 17.5 Å². The molecular weight excluding hydrogens is 670 g/mol. The average Bonchev–Trinajstić information content (AvgIpc) is 3.15. The van der Waals surface area contributed by atoms with Gasteiger partial charge in [-0.1, -0.05) is 18.2 Å². The van der Waals surface area contributed by atoms with Crippen molar-refractivity contribution in [1.29, 1.82) is 0 Å². The number of halogens is 9. The molecule has 1 N–H and O–H groups in total. The Morgan fingerprint density at radius 3 is 2.33 bits per heavy atom. The maximum Gasteiger partial charge on any atom is 0.417 e. The zero-order valence-corrected chi connectivity index (χ0v) is 25.8. The zero-order chi connectivity index (χ0) is 33.9. The fourth-order valence-corrected chi connectivity index (χ4v) is 7.50. The van der Waals surface area contributed by atoms with Gasteiger partial charge in [0.2, 0.25) is 5.91 Å². The number of alkyl halides is 6. The van der Waals surface area contributed by atoms with E-state index in [-0.39, 0.29) is 46.4 Å². The van der Waals surface area contributed by atoms with Crippen molar-refractivity contribution in [3.05, 3.63) is 63.6 Å². The van der Waals surface area contributed by atoms with Gasteiger partial charge in [0, 0.05) is 71.0 Å². The lowest BCUT2D eigenvalue weighted by Crippen LogP contribution is -2.58. The van der Waals surface area contributed by atoms with E-state index in [0.29, 0.717) is 30.0 Å². The molecule has 3 aromatic rings. The molecule has 0 aliphatic carbocycles. The van der Waals surface area contributed by atoms with Crippen LogP contribution in [0.15, 0.2) is 40.5 Å². The molecule has 46 heavy (non-hydrogen) atoms. The summed E-state index contributed by atoms with van der Waals surface area (Å²) in [5, 5.41) is 1.47. The first-order valence-electron chi connectivity index (χ1n) is 13.9. The first-order chi connectivity index (χ1) is 21.4. The van der Waals surface area contributed by atoms with E-state index in [0.717, 1.165) is 10.6 Å². The molecule has 1 fully saturated rings. The third-order valence-electron chi connectivity index (χ3n) is 7.85. The van der Waals surface area contributed by atoms with E-state index in [2.05, 4.69) is 16.9 Å². The van der Waals surface area contributed by atoms with Crippen molar-refractivity contribution in [2.75, 3.05) is 30.3 Å². The molecule has 1 amide bonds. The molecule has 2 aliphatic heterocycles. The maximum atomic E-state index is 15.3. The second kappa shape index (κ2) is 12.3. The van der Waals surface area contributed by atoms with E-state index in [4.69, 9.17) is 11.6 Å². The topological polar surface area (TPSA) is 70.5 Å². The molecule has 7 nitrogen and oxygen atoms in total. The third kappa shape index (κ3) is 6.43. The van der Waals surface area contributed by atoms with Gasteiger partial charge in [-0.25, -0.2) is 13.6 Å². The summed E-state index contributed by atoms with van der Waals surface area (Å²) in [4.78, 5) is 33.1. The fourth-order valence-electron chi connectivity index (χ4n) is 6.03. The largest absolute Gasteiger partial charge is 0.417 e. The summed E-state index contributed by atoms with van der Waals surface area (Å²) in [6.07, 6.45) is -8.61. The van der Waals surface area contributed by atoms with Gasteiger partial charge in [0.1, 0.15) is 17.5 Å². The van der Waals surface area contributed by atoms with Crippen molar-refractivity contribution in [3.63, 3.8) is 0 Å². The molecule has 3 heterocycles. The van der Waals surface area contributed by atoms with Gasteiger partial charge in [-0.2, -0.15) is 31.3 Å². The van der Waals surface area contributed by atoms with Gasteiger partial charge < -0.3 is 15.1 Å². The molecular formula is C29H26ClF8N5O2S. The van der Waals surface area contributed by atoms with E-state index in [1.165, 1.54) is 0 Å². The van der Waals surface area contributed by atoms with E-state index in [1.807, 2.05) is 0 Å². The van der Waals surface area contributed by atoms with Gasteiger partial charge >= 0.3 is 18.0 Å². The van der Waals surface area contributed by atoms with Crippen molar-refractivity contribution in [2.24, 2.45) is 0 Å². The SMILES string of the molecule is C=CC(=O)N1[C@H](C)CN(c2nc(=O)n3c4c(c(-c5cc(Cl)c(F)cc5F)c(C(F)(F)F)cc24)SCC(NCC(F)(F)F)C3)C[C@@H]1C. The lowest BCUT2D eigenvalue weighted by Gasteiger charge is -2.44. The molecule has 5 rings (SSSR count). The van der Waals surface area contributed by atoms with Crippen molar-refractivity contribution in [3.8, 4) is 11.1 Å². The zero-order valence-electron chi connectivity index (χ0n) is 24.2. The Hall–Kier alpha value is -3.37. The van der Waals surface area contributed by atoms with E-state index in [1.54, 1.807) is 23.6 Å². The standard InChI is InChI=1S/C29H26ClF8N5O2S/c1-4-22(44)43-13(2)8-41(9-14(43)3)26-17-5-18(29(36,37)38)23(16-6-19(30)21(32)7-20(16)31)25-24(17)42(27(45)40-26)10-15(11-46-25)39-12-28(33,34)35/h4-7,13-15,39H,1,8-12H2,2-3H3/t13-,14+,15?. The Labute approximate surface area is 266 Å². The van der Waals surface area contributed by atoms with Gasteiger partial charge in [-0.05, 0) is 32.1 Å². The third-order valence-corrected chi connectivity index (χ3v) is 9.40. The highest BCUT2D eigenvalue weighted by Gasteiger charge is 2.41. The number of nitrogens with one attached hydrogen (secondary N) is 1. The molecule has 1 aromatic heterocycles. The van der Waals surface area contributed by atoms with Crippen molar-refractivity contribution in [1.82, 2.24) is 19.8 Å². The summed E-state index contributed by atoms with van der Waals surface area (Å²) in [6.45, 7) is 5.22. The molecule has 0 spiro atoms. The van der Waals surface area contributed by atoms with Crippen LogP contribution in [0.25, 0.3) is 22.0 Å². The highest BCUT2D eigenvalue weighted by atomic mass is 35.5. The summed E-state index contributed by atoms with van der Waals surface area (Å²) in [6, 6.07) is -0.277. The van der Waals surface area contributed by atoms with Crippen LogP contribution in [0, 0.1) is 11.6 Å². The summed E-state index contributed by atoms with van der Waals surface area (Å²) >= 11 is 6.57. The highest BCUT2D eigenvalue weighted by Crippen LogP contribution is 2.49. The Morgan fingerprint density at radius 1 is 1.09 bits per heavy atom. The summed E-state index contributed by atoms with van der Waals surface area (Å²) in [5.74, 6) is -3.33. The van der Waals surface area contributed by atoms with Crippen LogP contribution in [-0.4, -0.2) is 70.0 Å². The fraction of sp³-hybridized carbons (Fsp3) is 0.414. The van der Waals surface area contributed by atoms with Gasteiger partial charge in [0.05, 0.1) is 22.6 Å².